The van der Waals surface area contributed by atoms with Gasteiger partial charge in [-0.1, -0.05) is 0 Å². The summed E-state index contributed by atoms with van der Waals surface area (Å²) in [6.07, 6.45) is 4.40. The Morgan fingerprint density at radius 3 is 2.62 bits per heavy atom. The second-order valence-corrected chi connectivity index (χ2v) is 5.82. The average molecular weight is 295 g/mol. The zero-order chi connectivity index (χ0) is 14.8. The number of halogens is 2. The third-order valence-corrected chi connectivity index (χ3v) is 4.58. The number of carbonyl (C=O) groups is 1. The van der Waals surface area contributed by atoms with E-state index in [9.17, 15) is 13.6 Å². The first-order chi connectivity index (χ1) is 10.2. The molecule has 0 spiro atoms. The summed E-state index contributed by atoms with van der Waals surface area (Å²) in [6.45, 7) is 0.166. The molecule has 0 aromatic heterocycles. The monoisotopic (exact) mass is 295 g/mol. The van der Waals surface area contributed by atoms with Crippen LogP contribution in [0.3, 0.4) is 0 Å². The van der Waals surface area contributed by atoms with Crippen LogP contribution in [0.5, 0.6) is 5.75 Å². The molecule has 2 saturated heterocycles. The van der Waals surface area contributed by atoms with E-state index in [1.54, 1.807) is 0 Å². The van der Waals surface area contributed by atoms with Crippen LogP contribution in [0.1, 0.15) is 36.0 Å². The smallest absolute Gasteiger partial charge is 0.153 e. The Bertz CT molecular complexity index is 509. The van der Waals surface area contributed by atoms with Gasteiger partial charge in [-0.3, -0.25) is 9.69 Å². The fraction of sp³-hybridized carbons (Fsp3) is 0.562. The minimum Gasteiger partial charge on any atom is -0.489 e. The molecular weight excluding hydrogens is 276 g/mol. The summed E-state index contributed by atoms with van der Waals surface area (Å²) in [5, 5.41) is 0. The van der Waals surface area contributed by atoms with Gasteiger partial charge < -0.3 is 4.74 Å². The zero-order valence-corrected chi connectivity index (χ0v) is 11.8. The van der Waals surface area contributed by atoms with Crippen molar-refractivity contribution >= 4 is 6.29 Å². The Labute approximate surface area is 122 Å². The van der Waals surface area contributed by atoms with E-state index in [1.165, 1.54) is 18.2 Å². The molecule has 0 N–H and O–H groups in total. The first-order valence-electron chi connectivity index (χ1n) is 7.44. The van der Waals surface area contributed by atoms with E-state index >= 15 is 0 Å². The van der Waals surface area contributed by atoms with Crippen LogP contribution in [0.15, 0.2) is 18.2 Å². The molecule has 2 bridgehead atoms. The van der Waals surface area contributed by atoms with Gasteiger partial charge in [-0.25, -0.2) is 8.78 Å². The summed E-state index contributed by atoms with van der Waals surface area (Å²) in [6, 6.07) is 4.64. The Morgan fingerprint density at radius 1 is 1.29 bits per heavy atom. The summed E-state index contributed by atoms with van der Waals surface area (Å²) in [5.74, 6) is -0.0956. The number of aldehydes is 1. The van der Waals surface area contributed by atoms with Gasteiger partial charge in [0.05, 0.1) is 5.56 Å². The molecule has 2 aliphatic rings. The lowest BCUT2D eigenvalue weighted by Crippen LogP contribution is -2.47. The number of nitrogens with zero attached hydrogens (tertiary/aromatic N) is 1. The Morgan fingerprint density at radius 2 is 2.00 bits per heavy atom. The molecule has 1 aromatic rings. The number of rotatable bonds is 5. The van der Waals surface area contributed by atoms with Crippen LogP contribution < -0.4 is 4.74 Å². The number of fused-ring (bicyclic) bond motifs is 2. The van der Waals surface area contributed by atoms with Crippen LogP contribution in [0, 0.1) is 5.82 Å². The molecule has 3 rings (SSSR count). The lowest BCUT2D eigenvalue weighted by atomic mass is 9.99. The van der Waals surface area contributed by atoms with E-state index in [1.807, 2.05) is 0 Å². The molecule has 21 heavy (non-hydrogen) atoms. The van der Waals surface area contributed by atoms with Crippen LogP contribution in [0.4, 0.5) is 8.78 Å². The highest BCUT2D eigenvalue weighted by Gasteiger charge is 2.41. The molecule has 0 aliphatic carbocycles. The maximum atomic E-state index is 13.3. The van der Waals surface area contributed by atoms with Crippen molar-refractivity contribution in [2.45, 2.75) is 43.9 Å². The highest BCUT2D eigenvalue weighted by atomic mass is 19.1. The van der Waals surface area contributed by atoms with E-state index in [2.05, 4.69) is 4.90 Å². The van der Waals surface area contributed by atoms with Crippen molar-refractivity contribution < 1.29 is 18.3 Å². The second kappa shape index (κ2) is 6.10. The van der Waals surface area contributed by atoms with Crippen LogP contribution in [-0.2, 0) is 0 Å². The molecule has 0 radical (unpaired) electrons. The number of benzene rings is 1. The van der Waals surface area contributed by atoms with Gasteiger partial charge >= 0.3 is 0 Å². The third kappa shape index (κ3) is 2.93. The average Bonchev–Trinajstić information content (AvgIpc) is 2.71. The van der Waals surface area contributed by atoms with Gasteiger partial charge in [-0.2, -0.15) is 0 Å². The number of hydrogen-bond acceptors (Lipinski definition) is 3. The summed E-state index contributed by atoms with van der Waals surface area (Å²) >= 11 is 0. The van der Waals surface area contributed by atoms with Gasteiger partial charge in [0.1, 0.15) is 24.3 Å². The van der Waals surface area contributed by atoms with Crippen LogP contribution in [0.25, 0.3) is 0 Å². The van der Waals surface area contributed by atoms with Crippen molar-refractivity contribution in [1.29, 1.82) is 0 Å². The normalized spacial score (nSPS) is 28.6. The van der Waals surface area contributed by atoms with Gasteiger partial charge in [0.2, 0.25) is 0 Å². The van der Waals surface area contributed by atoms with Crippen LogP contribution >= 0.6 is 0 Å². The lowest BCUT2D eigenvalue weighted by Gasteiger charge is -2.38. The number of carbonyl (C=O) groups excluding carboxylic acids is 1. The molecular formula is C16H19F2NO2. The van der Waals surface area contributed by atoms with Gasteiger partial charge in [0.25, 0.3) is 0 Å². The molecule has 0 saturated carbocycles. The third-order valence-electron chi connectivity index (χ3n) is 4.58. The largest absolute Gasteiger partial charge is 0.489 e. The SMILES string of the molecule is O=Cc1ccc(F)cc1OC1CC2CCC(C1)N2CCF. The van der Waals surface area contributed by atoms with Crippen molar-refractivity contribution in [1.82, 2.24) is 4.90 Å². The van der Waals surface area contributed by atoms with E-state index in [-0.39, 0.29) is 12.8 Å². The minimum atomic E-state index is -0.409. The number of ether oxygens (including phenoxy) is 1. The molecule has 2 fully saturated rings. The predicted molar refractivity (Wildman–Crippen MR) is 74.9 cm³/mol. The molecule has 114 valence electrons. The zero-order valence-electron chi connectivity index (χ0n) is 11.8. The summed E-state index contributed by atoms with van der Waals surface area (Å²) < 4.78 is 31.8. The van der Waals surface area contributed by atoms with Crippen molar-refractivity contribution in [2.24, 2.45) is 0 Å². The lowest BCUT2D eigenvalue weighted by molar-refractivity contribution is 0.0454. The Kier molecular flexibility index (Phi) is 4.19. The molecule has 2 aliphatic heterocycles. The van der Waals surface area contributed by atoms with Gasteiger partial charge in [0, 0.05) is 24.7 Å². The van der Waals surface area contributed by atoms with E-state index in [4.69, 9.17) is 4.74 Å². The summed E-state index contributed by atoms with van der Waals surface area (Å²) in [5.41, 5.74) is 0.370. The highest BCUT2D eigenvalue weighted by molar-refractivity contribution is 5.79. The molecule has 2 unspecified atom stereocenters. The van der Waals surface area contributed by atoms with Crippen molar-refractivity contribution in [3.8, 4) is 5.75 Å². The first kappa shape index (κ1) is 14.4. The fourth-order valence-corrected chi connectivity index (χ4v) is 3.67. The Hall–Kier alpha value is -1.49. The molecule has 2 atom stereocenters. The highest BCUT2D eigenvalue weighted by Crippen LogP contribution is 2.37. The van der Waals surface area contributed by atoms with E-state index in [0.717, 1.165) is 25.7 Å². The van der Waals surface area contributed by atoms with Crippen LogP contribution in [-0.4, -0.2) is 42.6 Å². The van der Waals surface area contributed by atoms with E-state index in [0.29, 0.717) is 36.2 Å². The van der Waals surface area contributed by atoms with Crippen LogP contribution in [0.2, 0.25) is 0 Å². The Balaban J connectivity index is 1.70. The van der Waals surface area contributed by atoms with Crippen molar-refractivity contribution in [2.75, 3.05) is 13.2 Å². The molecule has 5 heteroatoms. The quantitative estimate of drug-likeness (QED) is 0.782. The van der Waals surface area contributed by atoms with Gasteiger partial charge in [-0.05, 0) is 37.8 Å². The molecule has 2 heterocycles. The van der Waals surface area contributed by atoms with Crippen molar-refractivity contribution in [3.63, 3.8) is 0 Å². The molecule has 1 aromatic carbocycles. The first-order valence-corrected chi connectivity index (χ1v) is 7.44. The molecule has 3 nitrogen and oxygen atoms in total. The second-order valence-electron chi connectivity index (χ2n) is 5.82. The maximum Gasteiger partial charge on any atom is 0.153 e. The maximum absolute atomic E-state index is 13.3. The number of hydrogen-bond donors (Lipinski definition) is 0. The predicted octanol–water partition coefficient (Wildman–Crippen LogP) is 2.98. The molecule has 0 amide bonds. The summed E-state index contributed by atoms with van der Waals surface area (Å²) in [7, 11) is 0. The number of alkyl halides is 1. The minimum absolute atomic E-state index is 0.0288. The van der Waals surface area contributed by atoms with Gasteiger partial charge in [0.15, 0.2) is 6.29 Å². The summed E-state index contributed by atoms with van der Waals surface area (Å²) in [4.78, 5) is 13.2. The topological polar surface area (TPSA) is 29.5 Å². The standard InChI is InChI=1S/C16H19F2NO2/c17-5-6-19-13-3-4-14(19)9-15(8-13)21-16-7-12(18)2-1-11(16)10-20/h1-2,7,10,13-15H,3-6,8-9H2. The van der Waals surface area contributed by atoms with Gasteiger partial charge in [-0.15, -0.1) is 0 Å². The van der Waals surface area contributed by atoms with E-state index < -0.39 is 5.82 Å². The fourth-order valence-electron chi connectivity index (χ4n) is 3.67. The number of piperidine rings is 1. The van der Waals surface area contributed by atoms with Crippen molar-refractivity contribution in [3.05, 3.63) is 29.6 Å².